The predicted octanol–water partition coefficient (Wildman–Crippen LogP) is 4.80. The standard InChI is InChI=1S/C17H15Cl2NO2/c1-10-6-15(12-7-14(19)9-20-8-12)16(22-17(10)21)11-2-4-13(18)5-3-11/h2-5,7-10,15-16H,6H2,1H3/t10?,15-,16+/m0/s1. The van der Waals surface area contributed by atoms with E-state index < -0.39 is 0 Å². The van der Waals surface area contributed by atoms with E-state index in [4.69, 9.17) is 27.9 Å². The fourth-order valence-corrected chi connectivity index (χ4v) is 3.13. The zero-order chi connectivity index (χ0) is 15.7. The molecule has 1 aromatic carbocycles. The Bertz CT molecular complexity index is 687. The highest BCUT2D eigenvalue weighted by atomic mass is 35.5. The molecule has 0 aliphatic carbocycles. The van der Waals surface area contributed by atoms with Crippen LogP contribution in [0, 0.1) is 5.92 Å². The lowest BCUT2D eigenvalue weighted by molar-refractivity contribution is -0.162. The maximum atomic E-state index is 12.0. The minimum atomic E-state index is -0.346. The highest BCUT2D eigenvalue weighted by molar-refractivity contribution is 6.30. The Labute approximate surface area is 139 Å². The Morgan fingerprint density at radius 1 is 1.09 bits per heavy atom. The highest BCUT2D eigenvalue weighted by Gasteiger charge is 2.37. The Morgan fingerprint density at radius 2 is 1.82 bits per heavy atom. The van der Waals surface area contributed by atoms with Crippen molar-refractivity contribution in [2.75, 3.05) is 0 Å². The average molecular weight is 336 g/mol. The molecule has 2 aromatic rings. The first kappa shape index (κ1) is 15.3. The molecule has 1 aliphatic rings. The SMILES string of the molecule is CC1C[C@@H](c2cncc(Cl)c2)[C@@H](c2ccc(Cl)cc2)OC1=O. The third-order valence-electron chi connectivity index (χ3n) is 3.97. The molecular formula is C17H15Cl2NO2. The van der Waals surface area contributed by atoms with Gasteiger partial charge in [-0.05, 0) is 35.7 Å². The molecule has 5 heteroatoms. The van der Waals surface area contributed by atoms with Crippen LogP contribution in [0.3, 0.4) is 0 Å². The van der Waals surface area contributed by atoms with Gasteiger partial charge in [0.2, 0.25) is 0 Å². The van der Waals surface area contributed by atoms with Crippen molar-refractivity contribution in [2.24, 2.45) is 5.92 Å². The molecule has 3 atom stereocenters. The zero-order valence-electron chi connectivity index (χ0n) is 12.0. The van der Waals surface area contributed by atoms with Crippen molar-refractivity contribution in [3.63, 3.8) is 0 Å². The molecule has 3 nitrogen and oxygen atoms in total. The average Bonchev–Trinajstić information content (AvgIpc) is 2.50. The van der Waals surface area contributed by atoms with Gasteiger partial charge in [-0.2, -0.15) is 0 Å². The Hall–Kier alpha value is -1.58. The number of ether oxygens (including phenoxy) is 1. The molecule has 0 saturated carbocycles. The molecule has 1 unspecified atom stereocenters. The number of benzene rings is 1. The quantitative estimate of drug-likeness (QED) is 0.740. The molecule has 1 aromatic heterocycles. The first-order chi connectivity index (χ1) is 10.5. The maximum absolute atomic E-state index is 12.0. The van der Waals surface area contributed by atoms with Crippen LogP contribution in [0.4, 0.5) is 0 Å². The summed E-state index contributed by atoms with van der Waals surface area (Å²) < 4.78 is 5.68. The summed E-state index contributed by atoms with van der Waals surface area (Å²) in [4.78, 5) is 16.2. The van der Waals surface area contributed by atoms with Crippen LogP contribution in [-0.2, 0) is 9.53 Å². The number of pyridine rings is 1. The Morgan fingerprint density at radius 3 is 2.50 bits per heavy atom. The van der Waals surface area contributed by atoms with Crippen LogP contribution in [0.25, 0.3) is 0 Å². The lowest BCUT2D eigenvalue weighted by Gasteiger charge is -2.34. The molecular weight excluding hydrogens is 321 g/mol. The summed E-state index contributed by atoms with van der Waals surface area (Å²) in [7, 11) is 0. The number of aromatic nitrogens is 1. The number of esters is 1. The minimum absolute atomic E-state index is 0.0278. The van der Waals surface area contributed by atoms with Crippen molar-refractivity contribution in [1.82, 2.24) is 4.98 Å². The summed E-state index contributed by atoms with van der Waals surface area (Å²) in [5.41, 5.74) is 1.90. The first-order valence-corrected chi connectivity index (χ1v) is 7.86. The van der Waals surface area contributed by atoms with Gasteiger partial charge in [0.05, 0.1) is 10.9 Å². The van der Waals surface area contributed by atoms with Crippen molar-refractivity contribution in [1.29, 1.82) is 0 Å². The van der Waals surface area contributed by atoms with E-state index in [-0.39, 0.29) is 23.9 Å². The van der Waals surface area contributed by atoms with Crippen molar-refractivity contribution in [2.45, 2.75) is 25.4 Å². The first-order valence-electron chi connectivity index (χ1n) is 7.11. The van der Waals surface area contributed by atoms with E-state index in [1.807, 2.05) is 25.1 Å². The largest absolute Gasteiger partial charge is 0.457 e. The molecule has 0 radical (unpaired) electrons. The number of carbonyl (C=O) groups excluding carboxylic acids is 1. The van der Waals surface area contributed by atoms with Crippen LogP contribution in [0.2, 0.25) is 10.0 Å². The molecule has 1 aliphatic heterocycles. The normalized spacial score (nSPS) is 24.9. The van der Waals surface area contributed by atoms with Gasteiger partial charge in [0.25, 0.3) is 0 Å². The summed E-state index contributed by atoms with van der Waals surface area (Å²) in [5, 5.41) is 1.23. The van der Waals surface area contributed by atoms with Crippen LogP contribution in [0.15, 0.2) is 42.7 Å². The zero-order valence-corrected chi connectivity index (χ0v) is 13.5. The number of halogens is 2. The summed E-state index contributed by atoms with van der Waals surface area (Å²) in [6.07, 6.45) is 3.74. The second kappa shape index (κ2) is 6.27. The number of rotatable bonds is 2. The molecule has 114 valence electrons. The maximum Gasteiger partial charge on any atom is 0.309 e. The second-order valence-corrected chi connectivity index (χ2v) is 6.46. The molecule has 3 rings (SSSR count). The van der Waals surface area contributed by atoms with Crippen LogP contribution >= 0.6 is 23.2 Å². The van der Waals surface area contributed by atoms with Crippen LogP contribution in [0.1, 0.15) is 36.5 Å². The van der Waals surface area contributed by atoms with Gasteiger partial charge in [0.15, 0.2) is 0 Å². The number of cyclic esters (lactones) is 1. The third kappa shape index (κ3) is 3.11. The molecule has 0 N–H and O–H groups in total. The van der Waals surface area contributed by atoms with Crippen molar-refractivity contribution < 1.29 is 9.53 Å². The third-order valence-corrected chi connectivity index (χ3v) is 4.43. The smallest absolute Gasteiger partial charge is 0.309 e. The van der Waals surface area contributed by atoms with E-state index in [9.17, 15) is 4.79 Å². The van der Waals surface area contributed by atoms with Gasteiger partial charge < -0.3 is 4.74 Å². The fourth-order valence-electron chi connectivity index (χ4n) is 2.82. The van der Waals surface area contributed by atoms with Crippen molar-refractivity contribution >= 4 is 29.2 Å². The lowest BCUT2D eigenvalue weighted by Crippen LogP contribution is -2.30. The molecule has 0 bridgehead atoms. The van der Waals surface area contributed by atoms with Gasteiger partial charge in [0, 0.05) is 23.3 Å². The summed E-state index contributed by atoms with van der Waals surface area (Å²) in [6.45, 7) is 1.88. The van der Waals surface area contributed by atoms with E-state index in [0.717, 1.165) is 11.1 Å². The molecule has 0 amide bonds. The molecule has 22 heavy (non-hydrogen) atoms. The van der Waals surface area contributed by atoms with Gasteiger partial charge in [-0.3, -0.25) is 9.78 Å². The summed E-state index contributed by atoms with van der Waals surface area (Å²) in [6, 6.07) is 9.27. The topological polar surface area (TPSA) is 39.2 Å². The molecule has 2 heterocycles. The van der Waals surface area contributed by atoms with Gasteiger partial charge in [0.1, 0.15) is 6.10 Å². The molecule has 1 saturated heterocycles. The molecule has 1 fully saturated rings. The molecule has 0 spiro atoms. The Balaban J connectivity index is 1.99. The van der Waals surface area contributed by atoms with E-state index >= 15 is 0 Å². The van der Waals surface area contributed by atoms with Gasteiger partial charge >= 0.3 is 5.97 Å². The number of carbonyl (C=O) groups is 1. The summed E-state index contributed by atoms with van der Waals surface area (Å²) >= 11 is 12.0. The lowest BCUT2D eigenvalue weighted by atomic mass is 9.81. The van der Waals surface area contributed by atoms with Crippen LogP contribution in [-0.4, -0.2) is 11.0 Å². The number of nitrogens with zero attached hydrogens (tertiary/aromatic N) is 1. The number of hydrogen-bond donors (Lipinski definition) is 0. The monoisotopic (exact) mass is 335 g/mol. The van der Waals surface area contributed by atoms with Gasteiger partial charge in [-0.1, -0.05) is 42.3 Å². The Kier molecular flexibility index (Phi) is 4.37. The van der Waals surface area contributed by atoms with Crippen molar-refractivity contribution in [3.8, 4) is 0 Å². The van der Waals surface area contributed by atoms with E-state index in [0.29, 0.717) is 16.5 Å². The van der Waals surface area contributed by atoms with Crippen molar-refractivity contribution in [3.05, 3.63) is 63.9 Å². The van der Waals surface area contributed by atoms with Crippen LogP contribution in [0.5, 0.6) is 0 Å². The van der Waals surface area contributed by atoms with E-state index in [1.165, 1.54) is 0 Å². The van der Waals surface area contributed by atoms with Gasteiger partial charge in [-0.25, -0.2) is 0 Å². The minimum Gasteiger partial charge on any atom is -0.457 e. The highest BCUT2D eigenvalue weighted by Crippen LogP contribution is 2.43. The van der Waals surface area contributed by atoms with Gasteiger partial charge in [-0.15, -0.1) is 0 Å². The predicted molar refractivity (Wildman–Crippen MR) is 86.1 cm³/mol. The summed E-state index contributed by atoms with van der Waals surface area (Å²) in [5.74, 6) is -0.293. The van der Waals surface area contributed by atoms with Crippen LogP contribution < -0.4 is 0 Å². The number of hydrogen-bond acceptors (Lipinski definition) is 3. The van der Waals surface area contributed by atoms with E-state index in [2.05, 4.69) is 4.98 Å². The second-order valence-electron chi connectivity index (χ2n) is 5.59. The fraction of sp³-hybridized carbons (Fsp3) is 0.294. The van der Waals surface area contributed by atoms with E-state index in [1.54, 1.807) is 24.5 Å².